The van der Waals surface area contributed by atoms with Crippen molar-refractivity contribution in [3.63, 3.8) is 0 Å². The van der Waals surface area contributed by atoms with Crippen molar-refractivity contribution >= 4 is 65.4 Å². The van der Waals surface area contributed by atoms with Crippen LogP contribution in [-0.2, 0) is 5.41 Å². The summed E-state index contributed by atoms with van der Waals surface area (Å²) >= 11 is 0. The number of H-pyrrole nitrogens is 1. The van der Waals surface area contributed by atoms with Crippen LogP contribution in [0.3, 0.4) is 0 Å². The summed E-state index contributed by atoms with van der Waals surface area (Å²) in [6.45, 7) is 4.73. The third kappa shape index (κ3) is 4.66. The average Bonchev–Trinajstić information content (AvgIpc) is 4.01. The van der Waals surface area contributed by atoms with E-state index in [1.165, 1.54) is 116 Å². The maximum Gasteiger partial charge on any atom is 0.0541 e. The van der Waals surface area contributed by atoms with Gasteiger partial charge < -0.3 is 14.1 Å². The lowest BCUT2D eigenvalue weighted by Gasteiger charge is -2.22. The van der Waals surface area contributed by atoms with Gasteiger partial charge in [0.2, 0.25) is 0 Å². The number of hydrogen-bond acceptors (Lipinski definition) is 0. The first-order valence-corrected chi connectivity index (χ1v) is 20.9. The molecule has 1 aliphatic carbocycles. The first-order valence-electron chi connectivity index (χ1n) is 20.9. The summed E-state index contributed by atoms with van der Waals surface area (Å²) in [5, 5.41) is 7.50. The van der Waals surface area contributed by atoms with Crippen molar-refractivity contribution in [1.29, 1.82) is 0 Å². The van der Waals surface area contributed by atoms with Crippen molar-refractivity contribution in [1.82, 2.24) is 14.1 Å². The fourth-order valence-corrected chi connectivity index (χ4v) is 10.5. The Morgan fingerprint density at radius 3 is 1.55 bits per heavy atom. The zero-order chi connectivity index (χ0) is 39.7. The molecule has 13 rings (SSSR count). The Morgan fingerprint density at radius 1 is 0.333 bits per heavy atom. The smallest absolute Gasteiger partial charge is 0.0541 e. The lowest BCUT2D eigenvalue weighted by Crippen LogP contribution is -2.15. The minimum atomic E-state index is -0.0929. The molecule has 60 heavy (non-hydrogen) atoms. The molecule has 282 valence electrons. The van der Waals surface area contributed by atoms with Crippen molar-refractivity contribution in [2.45, 2.75) is 19.3 Å². The van der Waals surface area contributed by atoms with E-state index in [9.17, 15) is 0 Å². The minimum Gasteiger partial charge on any atom is -0.355 e. The molecule has 0 fully saturated rings. The summed E-state index contributed by atoms with van der Waals surface area (Å²) in [4.78, 5) is 3.61. The first-order chi connectivity index (χ1) is 29.5. The van der Waals surface area contributed by atoms with Gasteiger partial charge in [-0.2, -0.15) is 0 Å². The molecule has 0 spiro atoms. The molecular weight excluding hydrogens is 727 g/mol. The number of hydrogen-bond donors (Lipinski definition) is 1. The Labute approximate surface area is 347 Å². The Kier molecular flexibility index (Phi) is 6.78. The summed E-state index contributed by atoms with van der Waals surface area (Å²) < 4.78 is 4.87. The van der Waals surface area contributed by atoms with Crippen LogP contribution in [0.1, 0.15) is 25.0 Å². The number of aromatic nitrogens is 3. The van der Waals surface area contributed by atoms with Gasteiger partial charge in [-0.05, 0) is 129 Å². The Hall–Kier alpha value is -7.62. The second-order valence-electron chi connectivity index (χ2n) is 17.1. The molecular formula is C57H39N3. The standard InChI is InChI=1S/C57H39N3/c1-57(2)49-17-9-6-14-41(49)42-25-24-40(34-50(42)57)60-55-28-22-37(35-20-26-52-45(30-35)43-15-7-10-18-51(43)58-52)32-47(55)48-33-38(23-29-56(48)60)36-21-27-54-46(31-36)44-16-8-11-19-53(44)59(54)39-12-4-3-5-13-39/h3-34,58H,1-2H3. The van der Waals surface area contributed by atoms with Crippen LogP contribution in [0.25, 0.3) is 110 Å². The van der Waals surface area contributed by atoms with E-state index in [1.54, 1.807) is 0 Å². The second-order valence-corrected chi connectivity index (χ2v) is 17.1. The third-order valence-electron chi connectivity index (χ3n) is 13.5. The van der Waals surface area contributed by atoms with Gasteiger partial charge in [0.15, 0.2) is 0 Å². The number of benzene rings is 9. The van der Waals surface area contributed by atoms with E-state index in [1.807, 2.05) is 0 Å². The van der Waals surface area contributed by atoms with E-state index in [0.717, 1.165) is 5.52 Å². The van der Waals surface area contributed by atoms with E-state index in [4.69, 9.17) is 0 Å². The second kappa shape index (κ2) is 12.2. The lowest BCUT2D eigenvalue weighted by molar-refractivity contribution is 0.660. The van der Waals surface area contributed by atoms with Crippen LogP contribution in [-0.4, -0.2) is 14.1 Å². The molecule has 3 nitrogen and oxygen atoms in total. The zero-order valence-corrected chi connectivity index (χ0v) is 33.4. The van der Waals surface area contributed by atoms with Gasteiger partial charge in [0.1, 0.15) is 0 Å². The maximum absolute atomic E-state index is 3.61. The van der Waals surface area contributed by atoms with Gasteiger partial charge in [0.25, 0.3) is 0 Å². The highest BCUT2D eigenvalue weighted by Gasteiger charge is 2.35. The highest BCUT2D eigenvalue weighted by Crippen LogP contribution is 2.50. The van der Waals surface area contributed by atoms with Crippen LogP contribution >= 0.6 is 0 Å². The molecule has 0 saturated heterocycles. The van der Waals surface area contributed by atoms with Crippen molar-refractivity contribution in [2.75, 3.05) is 0 Å². The number of para-hydroxylation sites is 3. The van der Waals surface area contributed by atoms with Gasteiger partial charge in [0, 0.05) is 60.1 Å². The van der Waals surface area contributed by atoms with Gasteiger partial charge in [-0.1, -0.05) is 123 Å². The van der Waals surface area contributed by atoms with E-state index in [0.29, 0.717) is 0 Å². The molecule has 9 aromatic carbocycles. The normalized spacial score (nSPS) is 13.3. The SMILES string of the molecule is CC1(C)c2ccccc2-c2ccc(-n3c4ccc(-c5ccc6[nH]c7ccccc7c6c5)cc4c4cc(-c5ccc6c(c5)c5ccccc5n6-c5ccccc5)ccc43)cc21. The van der Waals surface area contributed by atoms with Crippen LogP contribution < -0.4 is 0 Å². The van der Waals surface area contributed by atoms with E-state index in [2.05, 4.69) is 222 Å². The van der Waals surface area contributed by atoms with Crippen LogP contribution in [0.5, 0.6) is 0 Å². The summed E-state index contributed by atoms with van der Waals surface area (Å²) in [6.07, 6.45) is 0. The van der Waals surface area contributed by atoms with Crippen molar-refractivity contribution in [2.24, 2.45) is 0 Å². The first kappa shape index (κ1) is 33.4. The van der Waals surface area contributed by atoms with E-state index < -0.39 is 0 Å². The minimum absolute atomic E-state index is 0.0929. The molecule has 0 aliphatic heterocycles. The maximum atomic E-state index is 3.61. The van der Waals surface area contributed by atoms with Crippen molar-refractivity contribution < 1.29 is 0 Å². The van der Waals surface area contributed by atoms with Gasteiger partial charge in [0.05, 0.1) is 22.1 Å². The number of nitrogens with zero attached hydrogens (tertiary/aromatic N) is 2. The summed E-state index contributed by atoms with van der Waals surface area (Å²) in [5.74, 6) is 0. The van der Waals surface area contributed by atoms with E-state index >= 15 is 0 Å². The number of fused-ring (bicyclic) bond motifs is 12. The topological polar surface area (TPSA) is 25.6 Å². The average molecular weight is 766 g/mol. The molecule has 12 aromatic rings. The molecule has 0 radical (unpaired) electrons. The van der Waals surface area contributed by atoms with Gasteiger partial charge in [-0.15, -0.1) is 0 Å². The quantitative estimate of drug-likeness (QED) is 0.185. The van der Waals surface area contributed by atoms with E-state index in [-0.39, 0.29) is 5.41 Å². The van der Waals surface area contributed by atoms with Gasteiger partial charge in [-0.3, -0.25) is 0 Å². The van der Waals surface area contributed by atoms with Crippen LogP contribution in [0.2, 0.25) is 0 Å². The fraction of sp³-hybridized carbons (Fsp3) is 0.0526. The van der Waals surface area contributed by atoms with Crippen LogP contribution in [0, 0.1) is 0 Å². The molecule has 3 heteroatoms. The Bertz CT molecular complexity index is 3740. The van der Waals surface area contributed by atoms with Crippen LogP contribution in [0.15, 0.2) is 194 Å². The number of nitrogens with one attached hydrogen (secondary N) is 1. The molecule has 0 atom stereocenters. The number of aromatic amines is 1. The predicted molar refractivity (Wildman–Crippen MR) is 253 cm³/mol. The highest BCUT2D eigenvalue weighted by molar-refractivity contribution is 6.14. The Morgan fingerprint density at radius 2 is 0.833 bits per heavy atom. The molecule has 0 bridgehead atoms. The predicted octanol–water partition coefficient (Wildman–Crippen LogP) is 15.2. The lowest BCUT2D eigenvalue weighted by atomic mass is 9.82. The van der Waals surface area contributed by atoms with Gasteiger partial charge in [-0.25, -0.2) is 0 Å². The highest BCUT2D eigenvalue weighted by atomic mass is 15.0. The van der Waals surface area contributed by atoms with Crippen molar-refractivity contribution in [3.05, 3.63) is 205 Å². The van der Waals surface area contributed by atoms with Gasteiger partial charge >= 0.3 is 0 Å². The number of rotatable bonds is 4. The fourth-order valence-electron chi connectivity index (χ4n) is 10.5. The molecule has 1 aliphatic rings. The summed E-state index contributed by atoms with van der Waals surface area (Å²) in [7, 11) is 0. The van der Waals surface area contributed by atoms with Crippen molar-refractivity contribution in [3.8, 4) is 44.8 Å². The molecule has 3 aromatic heterocycles. The summed E-state index contributed by atoms with van der Waals surface area (Å²) in [5.41, 5.74) is 19.7. The molecule has 0 unspecified atom stereocenters. The molecule has 0 saturated carbocycles. The van der Waals surface area contributed by atoms with Crippen LogP contribution in [0.4, 0.5) is 0 Å². The Balaban J connectivity index is 1.03. The third-order valence-corrected chi connectivity index (χ3v) is 13.5. The molecule has 3 heterocycles. The monoisotopic (exact) mass is 765 g/mol. The largest absolute Gasteiger partial charge is 0.355 e. The zero-order valence-electron chi connectivity index (χ0n) is 33.4. The summed E-state index contributed by atoms with van der Waals surface area (Å²) in [6, 6.07) is 72.0. The molecule has 1 N–H and O–H groups in total. The molecule has 0 amide bonds.